The van der Waals surface area contributed by atoms with Crippen molar-refractivity contribution in [3.8, 4) is 0 Å². The number of carbonyl (C=O) groups excluding carboxylic acids is 1. The minimum atomic E-state index is -0.440. The van der Waals surface area contributed by atoms with Gasteiger partial charge in [-0.25, -0.2) is 0 Å². The summed E-state index contributed by atoms with van der Waals surface area (Å²) in [7, 11) is 0. The van der Waals surface area contributed by atoms with Gasteiger partial charge in [0, 0.05) is 39.2 Å². The number of thiophene rings is 1. The summed E-state index contributed by atoms with van der Waals surface area (Å²) in [5, 5.41) is 11.1. The van der Waals surface area contributed by atoms with E-state index in [-0.39, 0.29) is 17.0 Å². The van der Waals surface area contributed by atoms with E-state index in [1.165, 1.54) is 10.9 Å². The van der Waals surface area contributed by atoms with Crippen molar-refractivity contribution in [2.24, 2.45) is 0 Å². The third-order valence-electron chi connectivity index (χ3n) is 3.81. The first-order chi connectivity index (χ1) is 11.0. The highest BCUT2D eigenvalue weighted by atomic mass is 32.2. The molecule has 1 aromatic heterocycles. The van der Waals surface area contributed by atoms with Gasteiger partial charge in [0.05, 0.1) is 4.92 Å². The van der Waals surface area contributed by atoms with E-state index in [2.05, 4.69) is 12.1 Å². The smallest absolute Gasteiger partial charge is 0.273 e. The Morgan fingerprint density at radius 3 is 2.74 bits per heavy atom. The molecule has 1 amide bonds. The van der Waals surface area contributed by atoms with E-state index in [9.17, 15) is 14.9 Å². The van der Waals surface area contributed by atoms with Crippen LogP contribution in [0, 0.1) is 24.0 Å². The van der Waals surface area contributed by atoms with Crippen LogP contribution in [0.25, 0.3) is 0 Å². The van der Waals surface area contributed by atoms with Crippen molar-refractivity contribution in [3.05, 3.63) is 61.3 Å². The summed E-state index contributed by atoms with van der Waals surface area (Å²) in [6, 6.07) is 8.81. The number of nitro benzene ring substituents is 1. The predicted octanol–water partition coefficient (Wildman–Crippen LogP) is 4.16. The second-order valence-electron chi connectivity index (χ2n) is 5.43. The number of carbonyl (C=O) groups is 1. The van der Waals surface area contributed by atoms with Gasteiger partial charge in [0.25, 0.3) is 11.6 Å². The summed E-state index contributed by atoms with van der Waals surface area (Å²) in [5.74, 6) is 0.732. The molecule has 1 unspecified atom stereocenters. The van der Waals surface area contributed by atoms with Crippen molar-refractivity contribution >= 4 is 34.7 Å². The van der Waals surface area contributed by atoms with Gasteiger partial charge in [0.1, 0.15) is 5.37 Å². The van der Waals surface area contributed by atoms with Crippen molar-refractivity contribution in [2.45, 2.75) is 19.2 Å². The Bertz CT molecular complexity index is 772. The van der Waals surface area contributed by atoms with Gasteiger partial charge in [-0.05, 0) is 32.0 Å². The number of benzene rings is 1. The molecule has 1 saturated heterocycles. The fourth-order valence-electron chi connectivity index (χ4n) is 2.60. The number of nitro groups is 1. The van der Waals surface area contributed by atoms with Crippen LogP contribution >= 0.6 is 23.1 Å². The van der Waals surface area contributed by atoms with Gasteiger partial charge in [-0.2, -0.15) is 0 Å². The average Bonchev–Trinajstić information content (AvgIpc) is 3.15. The van der Waals surface area contributed by atoms with Crippen LogP contribution in [0.5, 0.6) is 0 Å². The third kappa shape index (κ3) is 3.11. The average molecular weight is 348 g/mol. The van der Waals surface area contributed by atoms with Crippen molar-refractivity contribution in [3.63, 3.8) is 0 Å². The quantitative estimate of drug-likeness (QED) is 0.617. The molecule has 120 valence electrons. The normalized spacial score (nSPS) is 17.5. The van der Waals surface area contributed by atoms with Gasteiger partial charge >= 0.3 is 0 Å². The molecule has 0 saturated carbocycles. The molecule has 2 heterocycles. The van der Waals surface area contributed by atoms with E-state index < -0.39 is 4.92 Å². The highest BCUT2D eigenvalue weighted by Crippen LogP contribution is 2.41. The van der Waals surface area contributed by atoms with Crippen LogP contribution in [0.1, 0.15) is 31.0 Å². The fraction of sp³-hybridized carbons (Fsp3) is 0.312. The number of hydrogen-bond donors (Lipinski definition) is 0. The minimum absolute atomic E-state index is 0.00144. The van der Waals surface area contributed by atoms with E-state index in [1.807, 2.05) is 11.8 Å². The molecule has 23 heavy (non-hydrogen) atoms. The summed E-state index contributed by atoms with van der Waals surface area (Å²) >= 11 is 3.42. The van der Waals surface area contributed by atoms with Crippen LogP contribution in [-0.4, -0.2) is 28.0 Å². The Kier molecular flexibility index (Phi) is 4.41. The standard InChI is InChI=1S/C16H16N2O3S2/c1-10-3-5-12(9-13(10)18(20)21)15(19)17-7-8-22-16(17)14-6-4-11(2)23-14/h3-6,9,16H,7-8H2,1-2H3. The lowest BCUT2D eigenvalue weighted by atomic mass is 10.1. The Morgan fingerprint density at radius 1 is 1.30 bits per heavy atom. The van der Waals surface area contributed by atoms with Gasteiger partial charge in [-0.3, -0.25) is 14.9 Å². The second-order valence-corrected chi connectivity index (χ2v) is 7.94. The number of rotatable bonds is 3. The van der Waals surface area contributed by atoms with Crippen LogP contribution in [-0.2, 0) is 0 Å². The monoisotopic (exact) mass is 348 g/mol. The van der Waals surface area contributed by atoms with Gasteiger partial charge in [0.2, 0.25) is 0 Å². The lowest BCUT2D eigenvalue weighted by molar-refractivity contribution is -0.385. The fourth-order valence-corrected chi connectivity index (χ4v) is 4.97. The maximum atomic E-state index is 12.8. The maximum absolute atomic E-state index is 12.8. The molecule has 2 aromatic rings. The summed E-state index contributed by atoms with van der Waals surface area (Å²) in [6.45, 7) is 4.38. The molecule has 0 bridgehead atoms. The Hall–Kier alpha value is -1.86. The largest absolute Gasteiger partial charge is 0.321 e. The van der Waals surface area contributed by atoms with Crippen LogP contribution in [0.3, 0.4) is 0 Å². The van der Waals surface area contributed by atoms with Crippen LogP contribution in [0.15, 0.2) is 30.3 Å². The first-order valence-corrected chi connectivity index (χ1v) is 9.08. The van der Waals surface area contributed by atoms with E-state index in [1.54, 1.807) is 42.2 Å². The molecule has 1 atom stereocenters. The molecule has 7 heteroatoms. The van der Waals surface area contributed by atoms with Crippen LogP contribution in [0.4, 0.5) is 5.69 Å². The summed E-state index contributed by atoms with van der Waals surface area (Å²) in [5.41, 5.74) is 0.932. The number of amides is 1. The number of thioether (sulfide) groups is 1. The molecule has 3 rings (SSSR count). The molecule has 5 nitrogen and oxygen atoms in total. The lowest BCUT2D eigenvalue weighted by Gasteiger charge is -2.23. The third-order valence-corrected chi connectivity index (χ3v) is 6.25. The molecule has 0 spiro atoms. The predicted molar refractivity (Wildman–Crippen MR) is 93.1 cm³/mol. The second kappa shape index (κ2) is 6.33. The Labute approximate surface area is 142 Å². The summed E-state index contributed by atoms with van der Waals surface area (Å²) in [4.78, 5) is 27.6. The number of hydrogen-bond acceptors (Lipinski definition) is 5. The zero-order chi connectivity index (χ0) is 16.6. The molecule has 1 aliphatic heterocycles. The lowest BCUT2D eigenvalue weighted by Crippen LogP contribution is -2.30. The molecular weight excluding hydrogens is 332 g/mol. The highest BCUT2D eigenvalue weighted by molar-refractivity contribution is 7.99. The molecule has 1 fully saturated rings. The number of aryl methyl sites for hydroxylation is 2. The van der Waals surface area contributed by atoms with E-state index in [0.717, 1.165) is 10.6 Å². The summed E-state index contributed by atoms with van der Waals surface area (Å²) in [6.07, 6.45) is 0. The topological polar surface area (TPSA) is 63.5 Å². The first-order valence-electron chi connectivity index (χ1n) is 7.21. The first kappa shape index (κ1) is 16.0. The van der Waals surface area contributed by atoms with E-state index in [4.69, 9.17) is 0 Å². The number of nitrogens with zero attached hydrogens (tertiary/aromatic N) is 2. The van der Waals surface area contributed by atoms with Gasteiger partial charge in [-0.15, -0.1) is 23.1 Å². The zero-order valence-electron chi connectivity index (χ0n) is 12.8. The summed E-state index contributed by atoms with van der Waals surface area (Å²) < 4.78 is 0. The molecule has 0 aliphatic carbocycles. The van der Waals surface area contributed by atoms with Gasteiger partial charge in [0.15, 0.2) is 0 Å². The Balaban J connectivity index is 1.90. The molecular formula is C16H16N2O3S2. The molecule has 1 aliphatic rings. The molecule has 1 aromatic carbocycles. The van der Waals surface area contributed by atoms with Crippen molar-refractivity contribution in [1.82, 2.24) is 4.90 Å². The zero-order valence-corrected chi connectivity index (χ0v) is 14.4. The Morgan fingerprint density at radius 2 is 2.09 bits per heavy atom. The van der Waals surface area contributed by atoms with Crippen LogP contribution < -0.4 is 0 Å². The van der Waals surface area contributed by atoms with Crippen LogP contribution in [0.2, 0.25) is 0 Å². The van der Waals surface area contributed by atoms with Gasteiger partial charge in [-0.1, -0.05) is 6.07 Å². The van der Waals surface area contributed by atoms with Gasteiger partial charge < -0.3 is 4.90 Å². The SMILES string of the molecule is Cc1ccc(C2SCCN2C(=O)c2ccc(C)c([N+](=O)[O-])c2)s1. The minimum Gasteiger partial charge on any atom is -0.321 e. The van der Waals surface area contributed by atoms with E-state index >= 15 is 0 Å². The molecule has 0 N–H and O–H groups in total. The van der Waals surface area contributed by atoms with Crippen molar-refractivity contribution < 1.29 is 9.72 Å². The van der Waals surface area contributed by atoms with E-state index in [0.29, 0.717) is 17.7 Å². The van der Waals surface area contributed by atoms with Crippen molar-refractivity contribution in [1.29, 1.82) is 0 Å². The maximum Gasteiger partial charge on any atom is 0.273 e. The van der Waals surface area contributed by atoms with Crippen molar-refractivity contribution in [2.75, 3.05) is 12.3 Å². The molecule has 0 radical (unpaired) electrons. The highest BCUT2D eigenvalue weighted by Gasteiger charge is 2.32.